The van der Waals surface area contributed by atoms with Crippen molar-refractivity contribution in [2.45, 2.75) is 30.7 Å². The van der Waals surface area contributed by atoms with Gasteiger partial charge in [0.05, 0.1) is 23.6 Å². The number of hydrogen-bond donors (Lipinski definition) is 2. The number of anilines is 2. The van der Waals surface area contributed by atoms with Gasteiger partial charge in [0.25, 0.3) is 5.24 Å². The molecule has 185 valence electrons. The van der Waals surface area contributed by atoms with E-state index in [0.717, 1.165) is 29.5 Å². The third-order valence-electron chi connectivity index (χ3n) is 5.67. The smallest absolute Gasteiger partial charge is 0.416 e. The fourth-order valence-electron chi connectivity index (χ4n) is 4.09. The minimum absolute atomic E-state index is 0. The Hall–Kier alpha value is -1.90. The van der Waals surface area contributed by atoms with E-state index in [1.165, 1.54) is 24.1 Å². The second kappa shape index (κ2) is 11.7. The molecule has 36 heavy (non-hydrogen) atoms. The molecule has 2 N–H and O–H groups in total. The summed E-state index contributed by atoms with van der Waals surface area (Å²) in [6.45, 7) is -0.445. The van der Waals surface area contributed by atoms with Gasteiger partial charge in [0.1, 0.15) is 12.3 Å². The predicted molar refractivity (Wildman–Crippen MR) is 128 cm³/mol. The van der Waals surface area contributed by atoms with Crippen LogP contribution in [-0.4, -0.2) is 93.2 Å². The predicted octanol–water partition coefficient (Wildman–Crippen LogP) is 3.15. The van der Waals surface area contributed by atoms with Crippen LogP contribution in [0.1, 0.15) is 23.1 Å². The van der Waals surface area contributed by atoms with Crippen LogP contribution in [0.4, 0.5) is 29.3 Å². The van der Waals surface area contributed by atoms with Crippen LogP contribution in [0.2, 0.25) is 0 Å². The molecule has 1 fully saturated rings. The number of fused-ring (bicyclic) bond motifs is 1. The van der Waals surface area contributed by atoms with Crippen molar-refractivity contribution >= 4 is 97.5 Å². The number of methoxy groups -OCH3 is 1. The summed E-state index contributed by atoms with van der Waals surface area (Å²) in [7, 11) is 1.41. The Bertz CT molecular complexity index is 1220. The van der Waals surface area contributed by atoms with Crippen LogP contribution in [0, 0.1) is 0 Å². The molecule has 13 heteroatoms. The molecular formula is C23H20F3KN3O5S. The van der Waals surface area contributed by atoms with Crippen molar-refractivity contribution in [1.29, 1.82) is 0 Å². The maximum atomic E-state index is 13.0. The number of alkyl halides is 3. The average Bonchev–Trinajstić information content (AvgIpc) is 3.11. The van der Waals surface area contributed by atoms with Gasteiger partial charge in [0.15, 0.2) is 0 Å². The molecule has 1 unspecified atom stereocenters. The number of carbonyl (C=O) groups is 4. The van der Waals surface area contributed by atoms with Crippen LogP contribution >= 0.6 is 11.8 Å². The number of thioether (sulfide) groups is 1. The number of halogens is 3. The molecule has 0 aliphatic carbocycles. The van der Waals surface area contributed by atoms with Crippen molar-refractivity contribution in [1.82, 2.24) is 5.32 Å². The zero-order valence-corrected chi connectivity index (χ0v) is 23.3. The molecule has 2 aliphatic heterocycles. The van der Waals surface area contributed by atoms with Gasteiger partial charge in [-0.25, -0.2) is 0 Å². The first kappa shape index (κ1) is 28.7. The number of rotatable bonds is 6. The maximum absolute atomic E-state index is 13.0. The number of nitrogens with one attached hydrogen (secondary N) is 2. The largest absolute Gasteiger partial charge is 0.495 e. The van der Waals surface area contributed by atoms with E-state index in [2.05, 4.69) is 10.6 Å². The summed E-state index contributed by atoms with van der Waals surface area (Å²) < 4.78 is 44.4. The van der Waals surface area contributed by atoms with Crippen LogP contribution in [0.3, 0.4) is 0 Å². The van der Waals surface area contributed by atoms with Crippen LogP contribution < -0.4 is 20.3 Å². The van der Waals surface area contributed by atoms with Crippen molar-refractivity contribution < 1.29 is 37.1 Å². The molecule has 4 amide bonds. The summed E-state index contributed by atoms with van der Waals surface area (Å²) in [4.78, 5) is 50.3. The summed E-state index contributed by atoms with van der Waals surface area (Å²) in [5, 5.41) is 3.61. The van der Waals surface area contributed by atoms with Crippen LogP contribution in [-0.2, 0) is 33.4 Å². The normalized spacial score (nSPS) is 17.3. The molecule has 8 nitrogen and oxygen atoms in total. The second-order valence-electron chi connectivity index (χ2n) is 7.95. The molecule has 2 aromatic carbocycles. The van der Waals surface area contributed by atoms with Crippen LogP contribution in [0.5, 0.6) is 5.75 Å². The standard InChI is InChI=1S/C23H20F3N3O5S.K/c1-34-16-7-5-12(9-17-21(32)28-22(33)35-17)15-6-8-19(31)29(20(15)16)11-18(30)27-14-4-2-3-13(10-14)23(24,25)26;/h2-5,7,10,17H,6,8-9,11H2,1H3,(H,27,30)(H,28,32,33);. The molecule has 1 radical (unpaired) electrons. The summed E-state index contributed by atoms with van der Waals surface area (Å²) in [5.41, 5.74) is 0.857. The first-order valence-electron chi connectivity index (χ1n) is 10.5. The number of imide groups is 1. The minimum atomic E-state index is -4.56. The van der Waals surface area contributed by atoms with Crippen molar-refractivity contribution in [2.24, 2.45) is 0 Å². The minimum Gasteiger partial charge on any atom is -0.495 e. The molecule has 0 bridgehead atoms. The number of benzene rings is 2. The van der Waals surface area contributed by atoms with Gasteiger partial charge < -0.3 is 10.1 Å². The van der Waals surface area contributed by atoms with Crippen molar-refractivity contribution in [3.63, 3.8) is 0 Å². The molecule has 2 aliphatic rings. The van der Waals surface area contributed by atoms with Crippen molar-refractivity contribution in [3.05, 3.63) is 53.1 Å². The summed E-state index contributed by atoms with van der Waals surface area (Å²) in [6, 6.07) is 7.58. The van der Waals surface area contributed by atoms with Gasteiger partial charge >= 0.3 is 6.18 Å². The fourth-order valence-corrected chi connectivity index (χ4v) is 4.94. The van der Waals surface area contributed by atoms with E-state index >= 15 is 0 Å². The molecular weight excluding hydrogens is 526 g/mol. The first-order chi connectivity index (χ1) is 16.6. The quantitative estimate of drug-likeness (QED) is 0.540. The molecule has 0 saturated carbocycles. The van der Waals surface area contributed by atoms with Gasteiger partial charge in [-0.3, -0.25) is 29.4 Å². The summed E-state index contributed by atoms with van der Waals surface area (Å²) in [5.74, 6) is -1.10. The Morgan fingerprint density at radius 2 is 1.94 bits per heavy atom. The molecule has 0 aromatic heterocycles. The SMILES string of the molecule is COc1ccc(CC2SC(=O)NC2=O)c2c1N(CC(=O)Nc1cccc(C(F)(F)F)c1)C(=O)CC2.[K]. The third kappa shape index (κ3) is 6.32. The first-order valence-corrected chi connectivity index (χ1v) is 11.4. The topological polar surface area (TPSA) is 105 Å². The number of carbonyl (C=O) groups excluding carboxylic acids is 4. The molecule has 4 rings (SSSR count). The van der Waals surface area contributed by atoms with E-state index < -0.39 is 40.6 Å². The van der Waals surface area contributed by atoms with E-state index in [1.807, 2.05) is 0 Å². The summed E-state index contributed by atoms with van der Waals surface area (Å²) >= 11 is 0.890. The van der Waals surface area contributed by atoms with E-state index in [4.69, 9.17) is 4.74 Å². The number of hydrogen-bond acceptors (Lipinski definition) is 6. The van der Waals surface area contributed by atoms with E-state index in [0.29, 0.717) is 23.4 Å². The van der Waals surface area contributed by atoms with Gasteiger partial charge in [0.2, 0.25) is 17.7 Å². The second-order valence-corrected chi connectivity index (χ2v) is 9.12. The number of nitrogens with zero attached hydrogens (tertiary/aromatic N) is 1. The fraction of sp³-hybridized carbons (Fsp3) is 0.304. The van der Waals surface area contributed by atoms with Crippen molar-refractivity contribution in [2.75, 3.05) is 23.9 Å². The van der Waals surface area contributed by atoms with Crippen LogP contribution in [0.25, 0.3) is 0 Å². The van der Waals surface area contributed by atoms with Gasteiger partial charge in [-0.2, -0.15) is 13.2 Å². The Balaban J connectivity index is 0.00000361. The Kier molecular flexibility index (Phi) is 9.28. The maximum Gasteiger partial charge on any atom is 0.416 e. The van der Waals surface area contributed by atoms with E-state index in [-0.39, 0.29) is 75.8 Å². The van der Waals surface area contributed by atoms with Gasteiger partial charge in [-0.1, -0.05) is 23.9 Å². The van der Waals surface area contributed by atoms with Crippen molar-refractivity contribution in [3.8, 4) is 5.75 Å². The average molecular weight is 547 g/mol. The molecule has 2 aromatic rings. The Labute approximate surface area is 251 Å². The third-order valence-corrected chi connectivity index (χ3v) is 6.65. The zero-order valence-electron chi connectivity index (χ0n) is 19.4. The van der Waals surface area contributed by atoms with E-state index in [9.17, 15) is 32.3 Å². The zero-order chi connectivity index (χ0) is 25.3. The molecule has 2 heterocycles. The van der Waals surface area contributed by atoms with Gasteiger partial charge in [-0.05, 0) is 48.2 Å². The number of ether oxygens (including phenoxy) is 1. The number of amides is 4. The summed E-state index contributed by atoms with van der Waals surface area (Å²) in [6.07, 6.45) is -3.88. The van der Waals surface area contributed by atoms with Gasteiger partial charge in [-0.15, -0.1) is 0 Å². The molecule has 0 spiro atoms. The molecule has 1 atom stereocenters. The Morgan fingerprint density at radius 1 is 1.19 bits per heavy atom. The van der Waals surface area contributed by atoms with Gasteiger partial charge in [0, 0.05) is 63.5 Å². The van der Waals surface area contributed by atoms with E-state index in [1.54, 1.807) is 12.1 Å². The monoisotopic (exact) mass is 546 g/mol. The van der Waals surface area contributed by atoms with Crippen LogP contribution in [0.15, 0.2) is 36.4 Å². The molecule has 1 saturated heterocycles. The Morgan fingerprint density at radius 3 is 2.58 bits per heavy atom.